The van der Waals surface area contributed by atoms with Gasteiger partial charge in [-0.15, -0.1) is 0 Å². The first-order valence-corrected chi connectivity index (χ1v) is 11.7. The average Bonchev–Trinajstić information content (AvgIpc) is 3.28. The lowest BCUT2D eigenvalue weighted by atomic mass is 10.1. The molecule has 0 spiro atoms. The lowest BCUT2D eigenvalue weighted by molar-refractivity contribution is -0.140. The van der Waals surface area contributed by atoms with Crippen molar-refractivity contribution >= 4 is 22.8 Å². The average molecular weight is 513 g/mol. The quantitative estimate of drug-likeness (QED) is 0.347. The second kappa shape index (κ2) is 9.77. The highest BCUT2D eigenvalue weighted by atomic mass is 19.4. The molecule has 5 rings (SSSR count). The first kappa shape index (κ1) is 24.6. The van der Waals surface area contributed by atoms with Crippen LogP contribution in [0.1, 0.15) is 40.4 Å². The van der Waals surface area contributed by atoms with E-state index in [4.69, 9.17) is 10.8 Å². The minimum absolute atomic E-state index is 0.0109. The molecule has 1 amide bonds. The van der Waals surface area contributed by atoms with Crippen LogP contribution in [0.15, 0.2) is 48.8 Å². The van der Waals surface area contributed by atoms with E-state index in [1.165, 1.54) is 6.33 Å². The van der Waals surface area contributed by atoms with Crippen LogP contribution >= 0.6 is 0 Å². The highest BCUT2D eigenvalue weighted by molar-refractivity contribution is 5.98. The fourth-order valence-electron chi connectivity index (χ4n) is 4.48. The number of hydrogen-bond donors (Lipinski definition) is 3. The van der Waals surface area contributed by atoms with E-state index < -0.39 is 29.0 Å². The van der Waals surface area contributed by atoms with Crippen LogP contribution in [-0.2, 0) is 12.7 Å². The Balaban J connectivity index is 1.36. The Hall–Kier alpha value is -4.06. The number of anilines is 1. The molecule has 4 aromatic rings. The summed E-state index contributed by atoms with van der Waals surface area (Å²) >= 11 is 0. The number of amides is 1. The number of hydrogen-bond acceptors (Lipinski definition) is 6. The lowest BCUT2D eigenvalue weighted by Crippen LogP contribution is -2.32. The number of nitrogens with two attached hydrogens (primary N) is 1. The summed E-state index contributed by atoms with van der Waals surface area (Å²) in [6.07, 6.45) is -1.50. The van der Waals surface area contributed by atoms with Crippen LogP contribution in [0.3, 0.4) is 0 Å². The highest BCUT2D eigenvalue weighted by Crippen LogP contribution is 2.34. The number of nitrogens with one attached hydrogen (secondary N) is 2. The number of rotatable bonds is 5. The smallest absolute Gasteiger partial charge is 0.383 e. The molecule has 1 fully saturated rings. The number of halogens is 4. The Bertz CT molecular complexity index is 1440. The lowest BCUT2D eigenvalue weighted by Gasteiger charge is -2.23. The van der Waals surface area contributed by atoms with Gasteiger partial charge in [-0.2, -0.15) is 18.3 Å². The molecule has 37 heavy (non-hydrogen) atoms. The molecule has 1 aliphatic rings. The summed E-state index contributed by atoms with van der Waals surface area (Å²) in [6.45, 7) is 1.71. The fraction of sp³-hybridized carbons (Fsp3) is 0.280. The van der Waals surface area contributed by atoms with Gasteiger partial charge in [0.15, 0.2) is 5.65 Å². The zero-order chi connectivity index (χ0) is 26.2. The van der Waals surface area contributed by atoms with Crippen molar-refractivity contribution in [3.63, 3.8) is 0 Å². The minimum atomic E-state index is -4.89. The van der Waals surface area contributed by atoms with Gasteiger partial charge in [-0.25, -0.2) is 19.0 Å². The van der Waals surface area contributed by atoms with Gasteiger partial charge in [-0.1, -0.05) is 30.3 Å². The molecule has 0 saturated carbocycles. The van der Waals surface area contributed by atoms with Crippen LogP contribution in [0.2, 0.25) is 0 Å². The van der Waals surface area contributed by atoms with E-state index in [0.717, 1.165) is 43.6 Å². The zero-order valence-corrected chi connectivity index (χ0v) is 19.5. The number of fused-ring (bicyclic) bond motifs is 1. The van der Waals surface area contributed by atoms with E-state index in [9.17, 15) is 22.4 Å². The summed E-state index contributed by atoms with van der Waals surface area (Å²) in [7, 11) is 0. The number of carbonyl (C=O) groups excluding carboxylic acids is 1. The van der Waals surface area contributed by atoms with Gasteiger partial charge >= 0.3 is 6.18 Å². The first-order valence-electron chi connectivity index (χ1n) is 11.7. The Morgan fingerprint density at radius 1 is 1.16 bits per heavy atom. The molecule has 2 aromatic carbocycles. The van der Waals surface area contributed by atoms with Crippen molar-refractivity contribution in [2.45, 2.75) is 31.6 Å². The molecule has 0 bridgehead atoms. The van der Waals surface area contributed by atoms with Crippen LogP contribution in [0.4, 0.5) is 23.4 Å². The monoisotopic (exact) mass is 513 g/mol. The molecule has 1 saturated heterocycles. The number of benzene rings is 2. The highest BCUT2D eigenvalue weighted by Gasteiger charge is 2.35. The minimum Gasteiger partial charge on any atom is -0.383 e. The van der Waals surface area contributed by atoms with Crippen LogP contribution in [0, 0.1) is 5.82 Å². The zero-order valence-electron chi connectivity index (χ0n) is 19.5. The number of aromatic nitrogens is 4. The van der Waals surface area contributed by atoms with E-state index in [1.807, 2.05) is 4.68 Å². The third-order valence-corrected chi connectivity index (χ3v) is 6.36. The maximum Gasteiger partial charge on any atom is 0.419 e. The van der Waals surface area contributed by atoms with Crippen LogP contribution in [0.25, 0.3) is 22.3 Å². The van der Waals surface area contributed by atoms with Gasteiger partial charge in [0.25, 0.3) is 5.91 Å². The molecule has 2 aromatic heterocycles. The fourth-order valence-corrected chi connectivity index (χ4v) is 4.48. The van der Waals surface area contributed by atoms with E-state index in [2.05, 4.69) is 20.6 Å². The summed E-state index contributed by atoms with van der Waals surface area (Å²) in [4.78, 5) is 20.9. The van der Waals surface area contributed by atoms with E-state index in [-0.39, 0.29) is 12.6 Å². The van der Waals surface area contributed by atoms with Gasteiger partial charge in [-0.3, -0.25) is 4.79 Å². The maximum atomic E-state index is 14.3. The van der Waals surface area contributed by atoms with Crippen LogP contribution < -0.4 is 16.4 Å². The topological polar surface area (TPSA) is 111 Å². The molecule has 4 N–H and O–H groups in total. The Morgan fingerprint density at radius 3 is 2.65 bits per heavy atom. The molecule has 0 aliphatic carbocycles. The number of carbonyl (C=O) groups is 1. The molecular weight excluding hydrogens is 490 g/mol. The normalized spacial score (nSPS) is 16.2. The van der Waals surface area contributed by atoms with Gasteiger partial charge < -0.3 is 16.4 Å². The summed E-state index contributed by atoms with van der Waals surface area (Å²) in [5.74, 6) is -2.23. The van der Waals surface area contributed by atoms with Crippen LogP contribution in [-0.4, -0.2) is 38.7 Å². The Morgan fingerprint density at radius 2 is 1.95 bits per heavy atom. The Kier molecular flexibility index (Phi) is 6.50. The molecule has 0 unspecified atom stereocenters. The van der Waals surface area contributed by atoms with Crippen molar-refractivity contribution in [2.75, 3.05) is 18.8 Å². The van der Waals surface area contributed by atoms with Gasteiger partial charge in [-0.05, 0) is 37.1 Å². The largest absolute Gasteiger partial charge is 0.419 e. The number of nitrogens with zero attached hydrogens (tertiary/aromatic N) is 4. The number of nitrogen functional groups attached to an aromatic ring is 1. The molecule has 8 nitrogen and oxygen atoms in total. The third kappa shape index (κ3) is 4.84. The molecule has 0 radical (unpaired) electrons. The molecular formula is C25H23F4N7O. The van der Waals surface area contributed by atoms with Gasteiger partial charge in [0, 0.05) is 18.7 Å². The predicted molar refractivity (Wildman–Crippen MR) is 129 cm³/mol. The Labute approximate surface area is 208 Å². The van der Waals surface area contributed by atoms with E-state index in [0.29, 0.717) is 34.2 Å². The summed E-state index contributed by atoms with van der Waals surface area (Å²) < 4.78 is 55.0. The number of alkyl halides is 3. The van der Waals surface area contributed by atoms with E-state index >= 15 is 0 Å². The maximum absolute atomic E-state index is 14.3. The summed E-state index contributed by atoms with van der Waals surface area (Å²) in [5, 5.41) is 11.3. The number of piperidine rings is 1. The van der Waals surface area contributed by atoms with Crippen molar-refractivity contribution in [2.24, 2.45) is 0 Å². The molecule has 1 atom stereocenters. The van der Waals surface area contributed by atoms with Crippen molar-refractivity contribution < 1.29 is 22.4 Å². The van der Waals surface area contributed by atoms with Gasteiger partial charge in [0.1, 0.15) is 23.7 Å². The van der Waals surface area contributed by atoms with Gasteiger partial charge in [0.2, 0.25) is 0 Å². The van der Waals surface area contributed by atoms with Crippen molar-refractivity contribution in [3.05, 3.63) is 71.3 Å². The van der Waals surface area contributed by atoms with Crippen molar-refractivity contribution in [1.82, 2.24) is 30.4 Å². The van der Waals surface area contributed by atoms with Crippen LogP contribution in [0.5, 0.6) is 0 Å². The molecule has 1 aliphatic heterocycles. The SMILES string of the molecule is Nc1ncnc2c1c(-c1ccc(CNC(=O)c3cccc(C(F)(F)F)c3F)cc1)nn2[C@@H]1CCCNC1. The molecule has 3 heterocycles. The summed E-state index contributed by atoms with van der Waals surface area (Å²) in [5.41, 5.74) is 6.72. The molecule has 192 valence electrons. The standard InChI is InChI=1S/C25H23F4N7O/c26-20-17(4-1-5-18(20)25(27,28)29)24(37)32-11-14-6-8-15(9-7-14)21-19-22(30)33-13-34-23(19)36(35-21)16-3-2-10-31-12-16/h1,4-9,13,16,31H,2-3,10-12H2,(H,32,37)(H2,30,33,34)/t16-/m1/s1. The summed E-state index contributed by atoms with van der Waals surface area (Å²) in [6, 6.07) is 9.81. The van der Waals surface area contributed by atoms with Gasteiger partial charge in [0.05, 0.1) is 22.6 Å². The first-order chi connectivity index (χ1) is 17.7. The van der Waals surface area contributed by atoms with Crippen molar-refractivity contribution in [3.8, 4) is 11.3 Å². The second-order valence-electron chi connectivity index (χ2n) is 8.80. The van der Waals surface area contributed by atoms with Crippen molar-refractivity contribution in [1.29, 1.82) is 0 Å². The van der Waals surface area contributed by atoms with E-state index in [1.54, 1.807) is 24.3 Å². The predicted octanol–water partition coefficient (Wildman–Crippen LogP) is 4.09. The third-order valence-electron chi connectivity index (χ3n) is 6.36. The second-order valence-corrected chi connectivity index (χ2v) is 8.80. The molecule has 12 heteroatoms.